The Morgan fingerprint density at radius 2 is 2.17 bits per heavy atom. The molecule has 0 spiro atoms. The van der Waals surface area contributed by atoms with E-state index >= 15 is 0 Å². The number of pyridine rings is 1. The van der Waals surface area contributed by atoms with E-state index in [1.54, 1.807) is 18.4 Å². The Bertz CT molecular complexity index is 1020. The molecule has 1 fully saturated rings. The maximum Gasteiger partial charge on any atom is 0.183 e. The standard InChI is InChI=1S/C21H25ClN4O3S/c1-12(2)24-21-26-16(11-30-21)15-8-18(27-3)14-4-5-17(19(22)20(14)25-15)29-10-13-9-28-7-6-23-13/h4-5,8,11-13,23H,6-7,9-10H2,1-3H3,(H,24,26)/t13-/m0/s1. The first-order chi connectivity index (χ1) is 14.5. The van der Waals surface area contributed by atoms with Gasteiger partial charge in [0.15, 0.2) is 5.13 Å². The highest BCUT2D eigenvalue weighted by molar-refractivity contribution is 7.14. The number of benzene rings is 1. The summed E-state index contributed by atoms with van der Waals surface area (Å²) in [5, 5.41) is 10.8. The average molecular weight is 449 g/mol. The van der Waals surface area contributed by atoms with Crippen LogP contribution in [0.1, 0.15) is 13.8 Å². The van der Waals surface area contributed by atoms with Crippen LogP contribution < -0.4 is 20.1 Å². The van der Waals surface area contributed by atoms with Gasteiger partial charge < -0.3 is 24.8 Å². The van der Waals surface area contributed by atoms with Crippen LogP contribution in [-0.4, -0.2) is 55.5 Å². The molecule has 9 heteroatoms. The molecule has 0 unspecified atom stereocenters. The quantitative estimate of drug-likeness (QED) is 0.560. The number of fused-ring (bicyclic) bond motifs is 1. The summed E-state index contributed by atoms with van der Waals surface area (Å²) in [5.41, 5.74) is 2.10. The van der Waals surface area contributed by atoms with E-state index in [9.17, 15) is 0 Å². The van der Waals surface area contributed by atoms with Crippen molar-refractivity contribution in [3.63, 3.8) is 0 Å². The number of nitrogens with one attached hydrogen (secondary N) is 2. The van der Waals surface area contributed by atoms with Gasteiger partial charge in [0.05, 0.1) is 37.6 Å². The lowest BCUT2D eigenvalue weighted by molar-refractivity contribution is 0.0593. The average Bonchev–Trinajstić information content (AvgIpc) is 3.21. The van der Waals surface area contributed by atoms with Crippen molar-refractivity contribution < 1.29 is 14.2 Å². The molecule has 2 aromatic heterocycles. The highest BCUT2D eigenvalue weighted by Crippen LogP contribution is 2.38. The minimum absolute atomic E-state index is 0.140. The zero-order valence-corrected chi connectivity index (χ0v) is 18.8. The molecule has 30 heavy (non-hydrogen) atoms. The lowest BCUT2D eigenvalue weighted by Crippen LogP contribution is -2.44. The van der Waals surface area contributed by atoms with Crippen LogP contribution in [0.5, 0.6) is 11.5 Å². The predicted octanol–water partition coefficient (Wildman–Crippen LogP) is 4.21. The third-order valence-corrected chi connectivity index (χ3v) is 5.82. The third kappa shape index (κ3) is 4.62. The molecule has 0 radical (unpaired) electrons. The molecule has 0 saturated carbocycles. The van der Waals surface area contributed by atoms with Gasteiger partial charge in [0.1, 0.15) is 28.8 Å². The van der Waals surface area contributed by atoms with Gasteiger partial charge in [0, 0.05) is 29.4 Å². The fraction of sp³-hybridized carbons (Fsp3) is 0.429. The van der Waals surface area contributed by atoms with Crippen LogP contribution in [0.15, 0.2) is 23.6 Å². The first-order valence-electron chi connectivity index (χ1n) is 9.88. The van der Waals surface area contributed by atoms with Crippen LogP contribution >= 0.6 is 22.9 Å². The molecule has 4 rings (SSSR count). The second-order valence-corrected chi connectivity index (χ2v) is 8.59. The fourth-order valence-corrected chi connectivity index (χ4v) is 4.36. The van der Waals surface area contributed by atoms with Crippen molar-refractivity contribution in [2.75, 3.05) is 38.8 Å². The summed E-state index contributed by atoms with van der Waals surface area (Å²) in [4.78, 5) is 9.43. The summed E-state index contributed by atoms with van der Waals surface area (Å²) in [6, 6.07) is 6.11. The SMILES string of the molecule is COc1cc(-c2csc(NC(C)C)n2)nc2c(Cl)c(OC[C@@H]3COCCN3)ccc12. The number of anilines is 1. The van der Waals surface area contributed by atoms with Crippen molar-refractivity contribution in [3.05, 3.63) is 28.6 Å². The van der Waals surface area contributed by atoms with Crippen molar-refractivity contribution >= 4 is 39.0 Å². The van der Waals surface area contributed by atoms with E-state index in [1.807, 2.05) is 23.6 Å². The summed E-state index contributed by atoms with van der Waals surface area (Å²) in [6.45, 7) is 6.80. The van der Waals surface area contributed by atoms with E-state index < -0.39 is 0 Å². The van der Waals surface area contributed by atoms with Gasteiger partial charge >= 0.3 is 0 Å². The Hall–Kier alpha value is -2.13. The first kappa shape index (κ1) is 21.1. The number of nitrogens with zero attached hydrogens (tertiary/aromatic N) is 2. The van der Waals surface area contributed by atoms with E-state index in [0.29, 0.717) is 47.0 Å². The molecule has 1 atom stereocenters. The minimum atomic E-state index is 0.140. The summed E-state index contributed by atoms with van der Waals surface area (Å²) in [7, 11) is 1.64. The Kier molecular flexibility index (Phi) is 6.58. The van der Waals surface area contributed by atoms with Gasteiger partial charge in [-0.15, -0.1) is 11.3 Å². The van der Waals surface area contributed by atoms with Crippen LogP contribution in [0.3, 0.4) is 0 Å². The van der Waals surface area contributed by atoms with Gasteiger partial charge in [-0.25, -0.2) is 9.97 Å². The Labute approximate surface area is 184 Å². The highest BCUT2D eigenvalue weighted by atomic mass is 35.5. The van der Waals surface area contributed by atoms with Crippen molar-refractivity contribution in [3.8, 4) is 22.9 Å². The second kappa shape index (κ2) is 9.34. The van der Waals surface area contributed by atoms with Gasteiger partial charge in [-0.2, -0.15) is 0 Å². The summed E-state index contributed by atoms with van der Waals surface area (Å²) >= 11 is 8.24. The summed E-state index contributed by atoms with van der Waals surface area (Å²) in [5.74, 6) is 1.28. The largest absolute Gasteiger partial charge is 0.496 e. The third-order valence-electron chi connectivity index (χ3n) is 4.68. The van der Waals surface area contributed by atoms with Crippen LogP contribution in [0.4, 0.5) is 5.13 Å². The lowest BCUT2D eigenvalue weighted by Gasteiger charge is -2.24. The summed E-state index contributed by atoms with van der Waals surface area (Å²) in [6.07, 6.45) is 0. The monoisotopic (exact) mass is 448 g/mol. The topological polar surface area (TPSA) is 77.5 Å². The van der Waals surface area contributed by atoms with Crippen molar-refractivity contribution in [1.82, 2.24) is 15.3 Å². The van der Waals surface area contributed by atoms with Crippen LogP contribution in [0.25, 0.3) is 22.3 Å². The molecule has 1 aliphatic rings. The predicted molar refractivity (Wildman–Crippen MR) is 121 cm³/mol. The molecule has 7 nitrogen and oxygen atoms in total. The Balaban J connectivity index is 1.65. The van der Waals surface area contributed by atoms with Crippen molar-refractivity contribution in [1.29, 1.82) is 0 Å². The molecule has 0 aliphatic carbocycles. The maximum absolute atomic E-state index is 6.70. The second-order valence-electron chi connectivity index (χ2n) is 7.36. The number of ether oxygens (including phenoxy) is 3. The van der Waals surface area contributed by atoms with E-state index in [2.05, 4.69) is 29.5 Å². The molecular formula is C21H25ClN4O3S. The molecule has 3 aromatic rings. The number of morpholine rings is 1. The minimum Gasteiger partial charge on any atom is -0.496 e. The Morgan fingerprint density at radius 1 is 1.30 bits per heavy atom. The molecule has 1 saturated heterocycles. The van der Waals surface area contributed by atoms with Crippen LogP contribution in [-0.2, 0) is 4.74 Å². The molecular weight excluding hydrogens is 424 g/mol. The molecule has 0 bridgehead atoms. The highest BCUT2D eigenvalue weighted by Gasteiger charge is 2.18. The molecule has 1 aliphatic heterocycles. The number of halogens is 1. The van der Waals surface area contributed by atoms with E-state index in [0.717, 1.165) is 29.4 Å². The van der Waals surface area contributed by atoms with E-state index in [4.69, 9.17) is 30.8 Å². The van der Waals surface area contributed by atoms with Crippen LogP contribution in [0.2, 0.25) is 5.02 Å². The molecule has 2 N–H and O–H groups in total. The molecule has 1 aromatic carbocycles. The smallest absolute Gasteiger partial charge is 0.183 e. The zero-order chi connectivity index (χ0) is 21.1. The molecule has 0 amide bonds. The first-order valence-corrected chi connectivity index (χ1v) is 11.1. The van der Waals surface area contributed by atoms with E-state index in [-0.39, 0.29) is 6.04 Å². The summed E-state index contributed by atoms with van der Waals surface area (Å²) < 4.78 is 17.1. The normalized spacial score (nSPS) is 16.8. The van der Waals surface area contributed by atoms with Gasteiger partial charge in [0.25, 0.3) is 0 Å². The van der Waals surface area contributed by atoms with Gasteiger partial charge in [0.2, 0.25) is 0 Å². The fourth-order valence-electron chi connectivity index (χ4n) is 3.24. The molecule has 3 heterocycles. The number of methoxy groups -OCH3 is 1. The van der Waals surface area contributed by atoms with E-state index in [1.165, 1.54) is 0 Å². The molecule has 160 valence electrons. The lowest BCUT2D eigenvalue weighted by atomic mass is 10.1. The van der Waals surface area contributed by atoms with Gasteiger partial charge in [-0.3, -0.25) is 0 Å². The van der Waals surface area contributed by atoms with Crippen molar-refractivity contribution in [2.24, 2.45) is 0 Å². The number of aromatic nitrogens is 2. The van der Waals surface area contributed by atoms with Crippen LogP contribution in [0, 0.1) is 0 Å². The zero-order valence-electron chi connectivity index (χ0n) is 17.2. The number of rotatable bonds is 7. The Morgan fingerprint density at radius 3 is 2.90 bits per heavy atom. The van der Waals surface area contributed by atoms with Crippen molar-refractivity contribution in [2.45, 2.75) is 25.9 Å². The van der Waals surface area contributed by atoms with Gasteiger partial charge in [-0.05, 0) is 26.0 Å². The number of thiazole rings is 1. The maximum atomic E-state index is 6.70. The van der Waals surface area contributed by atoms with Gasteiger partial charge in [-0.1, -0.05) is 11.6 Å². The number of hydrogen-bond acceptors (Lipinski definition) is 8. The number of hydrogen-bond donors (Lipinski definition) is 2.